The van der Waals surface area contributed by atoms with Crippen LogP contribution in [0.25, 0.3) is 0 Å². The second kappa shape index (κ2) is 5.89. The van der Waals surface area contributed by atoms with Gasteiger partial charge in [-0.3, -0.25) is 0 Å². The van der Waals surface area contributed by atoms with Gasteiger partial charge in [0.05, 0.1) is 6.04 Å². The van der Waals surface area contributed by atoms with E-state index in [1.54, 1.807) is 0 Å². The fourth-order valence-corrected chi connectivity index (χ4v) is 2.94. The maximum atomic E-state index is 3.72. The fraction of sp³-hybridized carbons (Fsp3) is 0.294. The van der Waals surface area contributed by atoms with Gasteiger partial charge in [-0.1, -0.05) is 57.9 Å². The van der Waals surface area contributed by atoms with E-state index in [2.05, 4.69) is 78.4 Å². The lowest BCUT2D eigenvalue weighted by Crippen LogP contribution is -2.19. The Balaban J connectivity index is 2.56. The highest BCUT2D eigenvalue weighted by Crippen LogP contribution is 2.32. The van der Waals surface area contributed by atoms with E-state index in [1.165, 1.54) is 32.3 Å². The number of aryl methyl sites for hydroxylation is 3. The molecule has 19 heavy (non-hydrogen) atoms. The normalized spacial score (nSPS) is 12.5. The summed E-state index contributed by atoms with van der Waals surface area (Å²) in [5, 5.41) is 3.44. The number of hydrogen-bond donors (Lipinski definition) is 1. The number of halogens is 1. The molecule has 0 aliphatic heterocycles. The van der Waals surface area contributed by atoms with Crippen LogP contribution < -0.4 is 5.32 Å². The van der Waals surface area contributed by atoms with E-state index < -0.39 is 0 Å². The van der Waals surface area contributed by atoms with Crippen molar-refractivity contribution >= 4 is 15.9 Å². The van der Waals surface area contributed by atoms with Crippen LogP contribution in [0.3, 0.4) is 0 Å². The summed E-state index contributed by atoms with van der Waals surface area (Å²) < 4.78 is 1.19. The molecule has 0 heterocycles. The van der Waals surface area contributed by atoms with Gasteiger partial charge < -0.3 is 5.32 Å². The molecule has 0 aliphatic carbocycles. The third kappa shape index (κ3) is 2.90. The predicted molar refractivity (Wildman–Crippen MR) is 85.7 cm³/mol. The molecule has 100 valence electrons. The summed E-state index contributed by atoms with van der Waals surface area (Å²) in [6.45, 7) is 6.44. The summed E-state index contributed by atoms with van der Waals surface area (Å²) in [7, 11) is 2.02. The highest BCUT2D eigenvalue weighted by atomic mass is 79.9. The minimum absolute atomic E-state index is 0.217. The molecule has 2 rings (SSSR count). The number of rotatable bonds is 3. The van der Waals surface area contributed by atoms with E-state index in [0.717, 1.165) is 0 Å². The molecule has 0 bridgehead atoms. The van der Waals surface area contributed by atoms with Gasteiger partial charge in [-0.05, 0) is 50.1 Å². The van der Waals surface area contributed by atoms with Crippen LogP contribution in [0.1, 0.15) is 33.9 Å². The first-order chi connectivity index (χ1) is 9.04. The molecule has 1 nitrogen and oxygen atoms in total. The maximum Gasteiger partial charge on any atom is 0.0588 e. The van der Waals surface area contributed by atoms with E-state index in [9.17, 15) is 0 Å². The summed E-state index contributed by atoms with van der Waals surface area (Å²) in [5.74, 6) is 0. The predicted octanol–water partition coefficient (Wildman–Crippen LogP) is 4.68. The lowest BCUT2D eigenvalue weighted by atomic mass is 9.93. The van der Waals surface area contributed by atoms with Gasteiger partial charge in [-0.2, -0.15) is 0 Å². The highest BCUT2D eigenvalue weighted by molar-refractivity contribution is 9.10. The molecule has 0 radical (unpaired) electrons. The first-order valence-corrected chi connectivity index (χ1v) is 7.33. The number of hydrogen-bond acceptors (Lipinski definition) is 1. The van der Waals surface area contributed by atoms with Gasteiger partial charge in [-0.15, -0.1) is 0 Å². The van der Waals surface area contributed by atoms with Crippen molar-refractivity contribution in [2.24, 2.45) is 0 Å². The van der Waals surface area contributed by atoms with E-state index in [0.29, 0.717) is 0 Å². The Labute approximate surface area is 124 Å². The number of benzene rings is 2. The van der Waals surface area contributed by atoms with Crippen molar-refractivity contribution in [3.63, 3.8) is 0 Å². The van der Waals surface area contributed by atoms with Gasteiger partial charge in [0.15, 0.2) is 0 Å². The average Bonchev–Trinajstić information content (AvgIpc) is 2.39. The van der Waals surface area contributed by atoms with Crippen LogP contribution in [0.2, 0.25) is 0 Å². The molecule has 2 aromatic carbocycles. The van der Waals surface area contributed by atoms with Crippen molar-refractivity contribution in [1.29, 1.82) is 0 Å². The quantitative estimate of drug-likeness (QED) is 0.866. The zero-order chi connectivity index (χ0) is 14.0. The average molecular weight is 318 g/mol. The standard InChI is InChI=1S/C17H20BrN/c1-11-8-9-12(2)15(10-11)17(19-4)14-7-5-6-13(3)16(14)18/h5-10,17,19H,1-4H3. The van der Waals surface area contributed by atoms with E-state index in [-0.39, 0.29) is 6.04 Å². The van der Waals surface area contributed by atoms with Gasteiger partial charge in [0.1, 0.15) is 0 Å². The summed E-state index contributed by atoms with van der Waals surface area (Å²) in [5.41, 5.74) is 6.51. The smallest absolute Gasteiger partial charge is 0.0588 e. The largest absolute Gasteiger partial charge is 0.309 e. The van der Waals surface area contributed by atoms with Gasteiger partial charge in [0.25, 0.3) is 0 Å². The molecule has 0 saturated heterocycles. The fourth-order valence-electron chi connectivity index (χ4n) is 2.44. The SMILES string of the molecule is CNC(c1cc(C)ccc1C)c1cccc(C)c1Br. The first kappa shape index (κ1) is 14.3. The first-order valence-electron chi connectivity index (χ1n) is 6.54. The van der Waals surface area contributed by atoms with Crippen molar-refractivity contribution < 1.29 is 0 Å². The molecule has 1 unspecified atom stereocenters. The molecule has 1 N–H and O–H groups in total. The lowest BCUT2D eigenvalue weighted by Gasteiger charge is -2.22. The summed E-state index contributed by atoms with van der Waals surface area (Å²) in [6, 6.07) is 13.3. The Morgan fingerprint density at radius 1 is 0.947 bits per heavy atom. The second-order valence-corrected chi connectivity index (χ2v) is 5.85. The molecule has 2 heteroatoms. The van der Waals surface area contributed by atoms with Crippen molar-refractivity contribution in [1.82, 2.24) is 5.32 Å². The Hall–Kier alpha value is -1.12. The van der Waals surface area contributed by atoms with Crippen LogP contribution in [0.15, 0.2) is 40.9 Å². The minimum atomic E-state index is 0.217. The van der Waals surface area contributed by atoms with Crippen molar-refractivity contribution in [3.8, 4) is 0 Å². The topological polar surface area (TPSA) is 12.0 Å². The third-order valence-electron chi connectivity index (χ3n) is 3.57. The van der Waals surface area contributed by atoms with Crippen molar-refractivity contribution in [2.45, 2.75) is 26.8 Å². The molecule has 1 atom stereocenters. The van der Waals surface area contributed by atoms with Crippen LogP contribution in [-0.4, -0.2) is 7.05 Å². The zero-order valence-corrected chi connectivity index (χ0v) is 13.5. The molecule has 0 aromatic heterocycles. The molecule has 0 aliphatic rings. The van der Waals surface area contributed by atoms with E-state index in [4.69, 9.17) is 0 Å². The van der Waals surface area contributed by atoms with Crippen molar-refractivity contribution in [3.05, 3.63) is 68.7 Å². The molecule has 0 saturated carbocycles. The van der Waals surface area contributed by atoms with Crippen LogP contribution in [0.4, 0.5) is 0 Å². The summed E-state index contributed by atoms with van der Waals surface area (Å²) in [6.07, 6.45) is 0. The van der Waals surface area contributed by atoms with Crippen LogP contribution >= 0.6 is 15.9 Å². The van der Waals surface area contributed by atoms with Crippen LogP contribution in [0, 0.1) is 20.8 Å². The second-order valence-electron chi connectivity index (χ2n) is 5.06. The maximum absolute atomic E-state index is 3.72. The highest BCUT2D eigenvalue weighted by Gasteiger charge is 2.17. The van der Waals surface area contributed by atoms with Gasteiger partial charge in [-0.25, -0.2) is 0 Å². The molecule has 2 aromatic rings. The van der Waals surface area contributed by atoms with Gasteiger partial charge in [0.2, 0.25) is 0 Å². The summed E-state index contributed by atoms with van der Waals surface area (Å²) in [4.78, 5) is 0. The zero-order valence-electron chi connectivity index (χ0n) is 11.9. The molecular formula is C17H20BrN. The molecular weight excluding hydrogens is 298 g/mol. The summed E-state index contributed by atoms with van der Waals surface area (Å²) >= 11 is 3.72. The van der Waals surface area contributed by atoms with Gasteiger partial charge >= 0.3 is 0 Å². The van der Waals surface area contributed by atoms with Crippen LogP contribution in [0.5, 0.6) is 0 Å². The Bertz CT molecular complexity index is 588. The lowest BCUT2D eigenvalue weighted by molar-refractivity contribution is 0.683. The monoisotopic (exact) mass is 317 g/mol. The molecule has 0 spiro atoms. The Morgan fingerprint density at radius 3 is 2.37 bits per heavy atom. The molecule has 0 amide bonds. The Kier molecular flexibility index (Phi) is 4.43. The number of nitrogens with one attached hydrogen (secondary N) is 1. The van der Waals surface area contributed by atoms with E-state index in [1.807, 2.05) is 7.05 Å². The van der Waals surface area contributed by atoms with E-state index >= 15 is 0 Å². The van der Waals surface area contributed by atoms with Crippen molar-refractivity contribution in [2.75, 3.05) is 7.05 Å². The Morgan fingerprint density at radius 2 is 1.68 bits per heavy atom. The van der Waals surface area contributed by atoms with Gasteiger partial charge in [0, 0.05) is 4.47 Å². The molecule has 0 fully saturated rings. The van der Waals surface area contributed by atoms with Crippen LogP contribution in [-0.2, 0) is 0 Å². The third-order valence-corrected chi connectivity index (χ3v) is 4.65. The minimum Gasteiger partial charge on any atom is -0.309 e.